The molecule has 6 nitrogen and oxygen atoms in total. The lowest BCUT2D eigenvalue weighted by Crippen LogP contribution is -2.57. The van der Waals surface area contributed by atoms with Gasteiger partial charge in [0.25, 0.3) is 0 Å². The first-order valence-electron chi connectivity index (χ1n) is 9.72. The summed E-state index contributed by atoms with van der Waals surface area (Å²) >= 11 is 2.05. The van der Waals surface area contributed by atoms with Gasteiger partial charge in [-0.25, -0.2) is 9.59 Å². The number of benzene rings is 2. The molecule has 7 heteroatoms. The van der Waals surface area contributed by atoms with E-state index in [0.29, 0.717) is 32.4 Å². The van der Waals surface area contributed by atoms with E-state index in [2.05, 4.69) is 5.32 Å². The van der Waals surface area contributed by atoms with Crippen molar-refractivity contribution in [2.45, 2.75) is 29.4 Å². The number of aliphatic hydroxyl groups excluding tert-OH is 1. The summed E-state index contributed by atoms with van der Waals surface area (Å²) in [6.45, 7) is 1.11. The first-order valence-corrected chi connectivity index (χ1v) is 10.8. The third-order valence-corrected chi connectivity index (χ3v) is 6.54. The highest BCUT2D eigenvalue weighted by atomic mass is 127. The van der Waals surface area contributed by atoms with Crippen LogP contribution in [0.5, 0.6) is 0 Å². The first kappa shape index (κ1) is 21.6. The van der Waals surface area contributed by atoms with Gasteiger partial charge in [-0.15, -0.1) is 0 Å². The van der Waals surface area contributed by atoms with Gasteiger partial charge in [-0.2, -0.15) is 0 Å². The summed E-state index contributed by atoms with van der Waals surface area (Å²) in [6, 6.07) is 16.9. The fraction of sp³-hybridized carbons (Fsp3) is 0.364. The monoisotopic (exact) mass is 508 g/mol. The van der Waals surface area contributed by atoms with Crippen LogP contribution in [0.3, 0.4) is 0 Å². The van der Waals surface area contributed by atoms with Gasteiger partial charge in [-0.1, -0.05) is 54.6 Å². The number of nitrogens with one attached hydrogen (secondary N) is 1. The summed E-state index contributed by atoms with van der Waals surface area (Å²) in [5, 5.41) is 11.8. The molecule has 2 amide bonds. The van der Waals surface area contributed by atoms with E-state index in [-0.39, 0.29) is 19.2 Å². The van der Waals surface area contributed by atoms with Crippen molar-refractivity contribution in [2.75, 3.05) is 19.7 Å². The predicted molar refractivity (Wildman–Crippen MR) is 119 cm³/mol. The third-order valence-electron chi connectivity index (χ3n) is 4.94. The second-order valence-electron chi connectivity index (χ2n) is 6.91. The van der Waals surface area contributed by atoms with Crippen LogP contribution in [0.4, 0.5) is 4.79 Å². The number of ether oxygens (including phenoxy) is 1. The van der Waals surface area contributed by atoms with Crippen LogP contribution in [-0.4, -0.2) is 41.7 Å². The van der Waals surface area contributed by atoms with Crippen molar-refractivity contribution >= 4 is 34.6 Å². The first-order chi connectivity index (χ1) is 14.1. The van der Waals surface area contributed by atoms with E-state index < -0.39 is 9.51 Å². The molecule has 1 aliphatic heterocycles. The molecular weight excluding hydrogens is 483 g/mol. The molecule has 0 radical (unpaired) electrons. The second-order valence-corrected chi connectivity index (χ2v) is 8.47. The molecule has 1 aliphatic rings. The van der Waals surface area contributed by atoms with E-state index in [1.807, 2.05) is 77.2 Å². The number of amides is 2. The zero-order valence-electron chi connectivity index (χ0n) is 16.1. The minimum atomic E-state index is -1.23. The Hall–Kier alpha value is -2.13. The summed E-state index contributed by atoms with van der Waals surface area (Å²) in [7, 11) is 0. The number of esters is 1. The summed E-state index contributed by atoms with van der Waals surface area (Å²) < 4.78 is 4.42. The van der Waals surface area contributed by atoms with Gasteiger partial charge in [-0.05, 0) is 53.0 Å². The Morgan fingerprint density at radius 1 is 1.10 bits per heavy atom. The molecule has 2 aromatic carbocycles. The van der Waals surface area contributed by atoms with Gasteiger partial charge in [0.05, 0.1) is 0 Å². The Morgan fingerprint density at radius 3 is 2.59 bits per heavy atom. The Kier molecular flexibility index (Phi) is 7.49. The van der Waals surface area contributed by atoms with Crippen LogP contribution in [0.2, 0.25) is 0 Å². The van der Waals surface area contributed by atoms with Crippen LogP contribution in [0, 0.1) is 0 Å². The number of hydrogen-bond donors (Lipinski definition) is 2. The van der Waals surface area contributed by atoms with Crippen molar-refractivity contribution in [1.82, 2.24) is 10.2 Å². The number of carbonyl (C=O) groups is 2. The molecule has 0 bridgehead atoms. The highest BCUT2D eigenvalue weighted by Crippen LogP contribution is 2.42. The maximum absolute atomic E-state index is 13.3. The number of hydrogen-bond acceptors (Lipinski definition) is 4. The number of carbonyl (C=O) groups excluding carboxylic acids is 2. The van der Waals surface area contributed by atoms with Crippen molar-refractivity contribution in [1.29, 1.82) is 0 Å². The van der Waals surface area contributed by atoms with Crippen LogP contribution in [-0.2, 0) is 26.1 Å². The van der Waals surface area contributed by atoms with E-state index in [9.17, 15) is 9.59 Å². The fourth-order valence-corrected chi connectivity index (χ4v) is 4.54. The van der Waals surface area contributed by atoms with E-state index in [1.54, 1.807) is 4.90 Å². The van der Waals surface area contributed by atoms with Gasteiger partial charge >= 0.3 is 12.0 Å². The van der Waals surface area contributed by atoms with E-state index in [1.165, 1.54) is 0 Å². The van der Waals surface area contributed by atoms with Gasteiger partial charge in [0, 0.05) is 25.3 Å². The molecule has 0 fully saturated rings. The minimum Gasteiger partial charge on any atom is -0.458 e. The number of fused-ring (bicyclic) bond motifs is 1. The molecule has 0 unspecified atom stereocenters. The highest BCUT2D eigenvalue weighted by molar-refractivity contribution is 14.1. The number of halogens is 1. The topological polar surface area (TPSA) is 78.9 Å². The molecule has 0 spiro atoms. The normalized spacial score (nSPS) is 18.1. The SMILES string of the molecule is O=C(NCCCCO)N1CCc2ccccc2[C@]1(I)C(=O)OCc1ccccc1. The van der Waals surface area contributed by atoms with Gasteiger partial charge < -0.3 is 15.2 Å². The number of alkyl halides is 1. The molecule has 2 aromatic rings. The van der Waals surface area contributed by atoms with Gasteiger partial charge in [-0.3, -0.25) is 4.90 Å². The predicted octanol–water partition coefficient (Wildman–Crippen LogP) is 3.36. The Balaban J connectivity index is 1.82. The lowest BCUT2D eigenvalue weighted by atomic mass is 9.92. The maximum Gasteiger partial charge on any atom is 0.347 e. The van der Waals surface area contributed by atoms with Crippen LogP contribution < -0.4 is 5.32 Å². The zero-order chi connectivity index (χ0) is 20.7. The lowest BCUT2D eigenvalue weighted by Gasteiger charge is -2.42. The standard InChI is InChI=1S/C22H25IN2O4/c23-22(20(27)29-16-17-8-2-1-3-9-17)19-11-5-4-10-18(19)12-14-25(22)21(28)24-13-6-7-15-26/h1-5,8-11,26H,6-7,12-16H2,(H,24,28)/t22-/m1/s1. The summed E-state index contributed by atoms with van der Waals surface area (Å²) in [5.41, 5.74) is 2.73. The maximum atomic E-state index is 13.3. The number of nitrogens with zero attached hydrogens (tertiary/aromatic N) is 1. The van der Waals surface area contributed by atoms with E-state index >= 15 is 0 Å². The molecule has 154 valence electrons. The van der Waals surface area contributed by atoms with Gasteiger partial charge in [0.1, 0.15) is 6.61 Å². The molecule has 29 heavy (non-hydrogen) atoms. The molecule has 0 saturated carbocycles. The lowest BCUT2D eigenvalue weighted by molar-refractivity contribution is -0.152. The molecule has 1 atom stereocenters. The largest absolute Gasteiger partial charge is 0.458 e. The summed E-state index contributed by atoms with van der Waals surface area (Å²) in [6.07, 6.45) is 1.98. The van der Waals surface area contributed by atoms with Crippen molar-refractivity contribution in [3.05, 3.63) is 71.3 Å². The van der Waals surface area contributed by atoms with Gasteiger partial charge in [0.2, 0.25) is 3.55 Å². The Bertz CT molecular complexity index is 846. The average Bonchev–Trinajstić information content (AvgIpc) is 2.76. The Labute approximate surface area is 184 Å². The third kappa shape index (κ3) is 4.90. The highest BCUT2D eigenvalue weighted by Gasteiger charge is 2.50. The number of aliphatic hydroxyl groups is 1. The van der Waals surface area contributed by atoms with Crippen molar-refractivity contribution in [2.24, 2.45) is 0 Å². The Morgan fingerprint density at radius 2 is 1.83 bits per heavy atom. The molecule has 0 saturated heterocycles. The fourth-order valence-electron chi connectivity index (χ4n) is 3.40. The summed E-state index contributed by atoms with van der Waals surface area (Å²) in [5.74, 6) is -0.459. The molecular formula is C22H25IN2O4. The molecule has 0 aliphatic carbocycles. The number of unbranched alkanes of at least 4 members (excludes halogenated alkanes) is 1. The van der Waals surface area contributed by atoms with Crippen LogP contribution in [0.1, 0.15) is 29.5 Å². The van der Waals surface area contributed by atoms with Crippen LogP contribution in [0.25, 0.3) is 0 Å². The average molecular weight is 508 g/mol. The molecule has 0 aromatic heterocycles. The quantitative estimate of drug-likeness (QED) is 0.198. The van der Waals surface area contributed by atoms with Crippen molar-refractivity contribution < 1.29 is 19.4 Å². The van der Waals surface area contributed by atoms with Gasteiger partial charge in [0.15, 0.2) is 0 Å². The summed E-state index contributed by atoms with van der Waals surface area (Å²) in [4.78, 5) is 27.7. The number of rotatable bonds is 7. The molecule has 3 rings (SSSR count). The van der Waals surface area contributed by atoms with Crippen LogP contribution >= 0.6 is 22.6 Å². The van der Waals surface area contributed by atoms with E-state index in [0.717, 1.165) is 16.7 Å². The number of urea groups is 1. The molecule has 2 N–H and O–H groups in total. The smallest absolute Gasteiger partial charge is 0.347 e. The van der Waals surface area contributed by atoms with Crippen LogP contribution in [0.15, 0.2) is 54.6 Å². The van der Waals surface area contributed by atoms with Crippen molar-refractivity contribution in [3.63, 3.8) is 0 Å². The second kappa shape index (κ2) is 10.1. The molecule has 1 heterocycles. The zero-order valence-corrected chi connectivity index (χ0v) is 18.3. The van der Waals surface area contributed by atoms with Crippen molar-refractivity contribution in [3.8, 4) is 0 Å². The minimum absolute atomic E-state index is 0.0923. The van der Waals surface area contributed by atoms with E-state index in [4.69, 9.17) is 9.84 Å².